The Morgan fingerprint density at radius 1 is 1.50 bits per heavy atom. The molecule has 0 bridgehead atoms. The van der Waals surface area contributed by atoms with Crippen LogP contribution in [0.15, 0.2) is 9.63 Å². The van der Waals surface area contributed by atoms with E-state index in [-0.39, 0.29) is 11.5 Å². The van der Waals surface area contributed by atoms with Gasteiger partial charge in [-0.3, -0.25) is 4.79 Å². The third kappa shape index (κ3) is 3.65. The largest absolute Gasteiger partial charge is 0.446 e. The highest BCUT2D eigenvalue weighted by atomic mass is 32.2. The van der Waals surface area contributed by atoms with Gasteiger partial charge in [0, 0.05) is 18.4 Å². The first-order valence-electron chi connectivity index (χ1n) is 4.63. The second kappa shape index (κ2) is 3.88. The molecule has 0 spiro atoms. The van der Waals surface area contributed by atoms with Crippen LogP contribution in [0, 0.1) is 0 Å². The fraction of sp³-hybridized carbons (Fsp3) is 0.889. The Bertz CT molecular complexity index is 260. The second-order valence-corrected chi connectivity index (χ2v) is 5.76. The fourth-order valence-electron chi connectivity index (χ4n) is 0.966. The molecule has 0 amide bonds. The molecular weight excluding hydrogens is 200 g/mol. The van der Waals surface area contributed by atoms with Crippen LogP contribution in [-0.2, 0) is 9.53 Å². The summed E-state index contributed by atoms with van der Waals surface area (Å²) in [5.41, 5.74) is -0.175. The van der Waals surface area contributed by atoms with Gasteiger partial charge in [0.1, 0.15) is 0 Å². The molecule has 0 aliphatic carbocycles. The molecule has 1 rings (SSSR count). The SMILES string of the molecule is CC(C)(C)N=NSC1(C)CCC(=O)O1. The quantitative estimate of drug-likeness (QED) is 0.405. The number of esters is 1. The standard InChI is InChI=1S/C9H16N2O2S/c1-8(2,3)10-11-14-9(4)6-5-7(12)13-9/h5-6H2,1-4H3. The zero-order chi connectivity index (χ0) is 10.8. The monoisotopic (exact) mass is 216 g/mol. The Morgan fingerprint density at radius 2 is 2.14 bits per heavy atom. The lowest BCUT2D eigenvalue weighted by molar-refractivity contribution is -0.142. The van der Waals surface area contributed by atoms with Gasteiger partial charge in [0.05, 0.1) is 12.0 Å². The van der Waals surface area contributed by atoms with E-state index in [1.165, 1.54) is 11.9 Å². The Hall–Kier alpha value is -0.580. The molecule has 1 fully saturated rings. The number of carbonyl (C=O) groups excluding carboxylic acids is 1. The predicted molar refractivity (Wildman–Crippen MR) is 55.9 cm³/mol. The lowest BCUT2D eigenvalue weighted by Gasteiger charge is -2.18. The van der Waals surface area contributed by atoms with Crippen LogP contribution in [0.4, 0.5) is 0 Å². The van der Waals surface area contributed by atoms with Crippen LogP contribution in [0.3, 0.4) is 0 Å². The first-order chi connectivity index (χ1) is 6.31. The van der Waals surface area contributed by atoms with E-state index < -0.39 is 4.93 Å². The molecule has 1 aliphatic heterocycles. The zero-order valence-corrected chi connectivity index (χ0v) is 9.85. The molecule has 0 aromatic carbocycles. The number of nitrogens with zero attached hydrogens (tertiary/aromatic N) is 2. The smallest absolute Gasteiger partial charge is 0.307 e. The second-order valence-electron chi connectivity index (χ2n) is 4.55. The van der Waals surface area contributed by atoms with Crippen LogP contribution in [0.2, 0.25) is 0 Å². The third-order valence-electron chi connectivity index (χ3n) is 1.69. The Kier molecular flexibility index (Phi) is 3.19. The van der Waals surface area contributed by atoms with Crippen molar-refractivity contribution in [1.29, 1.82) is 0 Å². The first kappa shape index (κ1) is 11.5. The van der Waals surface area contributed by atoms with Crippen molar-refractivity contribution in [3.05, 3.63) is 0 Å². The molecule has 1 unspecified atom stereocenters. The molecule has 0 saturated carbocycles. The van der Waals surface area contributed by atoms with E-state index in [2.05, 4.69) is 9.63 Å². The van der Waals surface area contributed by atoms with Gasteiger partial charge in [-0.2, -0.15) is 5.11 Å². The van der Waals surface area contributed by atoms with Gasteiger partial charge in [-0.15, -0.1) is 4.52 Å². The zero-order valence-electron chi connectivity index (χ0n) is 9.03. The summed E-state index contributed by atoms with van der Waals surface area (Å²) in [6.07, 6.45) is 1.19. The van der Waals surface area contributed by atoms with Crippen molar-refractivity contribution in [2.24, 2.45) is 9.63 Å². The van der Waals surface area contributed by atoms with Gasteiger partial charge in [0.2, 0.25) is 0 Å². The molecule has 0 N–H and O–H groups in total. The van der Waals surface area contributed by atoms with Crippen LogP contribution in [0.5, 0.6) is 0 Å². The van der Waals surface area contributed by atoms with Gasteiger partial charge in [-0.25, -0.2) is 0 Å². The Morgan fingerprint density at radius 3 is 2.57 bits per heavy atom. The topological polar surface area (TPSA) is 51.0 Å². The van der Waals surface area contributed by atoms with E-state index in [9.17, 15) is 4.79 Å². The maximum atomic E-state index is 10.9. The maximum absolute atomic E-state index is 10.9. The summed E-state index contributed by atoms with van der Waals surface area (Å²) in [7, 11) is 0. The summed E-state index contributed by atoms with van der Waals surface area (Å²) in [5.74, 6) is -0.147. The number of hydrogen-bond donors (Lipinski definition) is 0. The number of hydrogen-bond acceptors (Lipinski definition) is 5. The average molecular weight is 216 g/mol. The number of rotatable bonds is 2. The van der Waals surface area contributed by atoms with Gasteiger partial charge in [-0.1, -0.05) is 0 Å². The van der Waals surface area contributed by atoms with Crippen molar-refractivity contribution in [2.45, 2.75) is 51.0 Å². The molecule has 0 aromatic rings. The van der Waals surface area contributed by atoms with E-state index >= 15 is 0 Å². The molecule has 1 aliphatic rings. The normalized spacial score (nSPS) is 28.4. The Balaban J connectivity index is 2.45. The van der Waals surface area contributed by atoms with Gasteiger partial charge in [0.15, 0.2) is 4.93 Å². The van der Waals surface area contributed by atoms with Crippen molar-refractivity contribution in [3.8, 4) is 0 Å². The molecule has 5 heteroatoms. The van der Waals surface area contributed by atoms with E-state index in [1.54, 1.807) is 0 Å². The summed E-state index contributed by atoms with van der Waals surface area (Å²) in [6, 6.07) is 0. The lowest BCUT2D eigenvalue weighted by Crippen LogP contribution is -2.17. The molecule has 1 saturated heterocycles. The van der Waals surface area contributed by atoms with E-state index in [4.69, 9.17) is 4.74 Å². The summed E-state index contributed by atoms with van der Waals surface area (Å²) >= 11 is 1.23. The number of cyclic esters (lactones) is 1. The van der Waals surface area contributed by atoms with Crippen molar-refractivity contribution < 1.29 is 9.53 Å². The van der Waals surface area contributed by atoms with Crippen LogP contribution in [0.1, 0.15) is 40.5 Å². The van der Waals surface area contributed by atoms with Crippen molar-refractivity contribution in [1.82, 2.24) is 0 Å². The first-order valence-corrected chi connectivity index (χ1v) is 5.40. The third-order valence-corrected chi connectivity index (χ3v) is 2.52. The van der Waals surface area contributed by atoms with E-state index in [1.807, 2.05) is 27.7 Å². The van der Waals surface area contributed by atoms with E-state index in [0.717, 1.165) is 0 Å². The van der Waals surface area contributed by atoms with Gasteiger partial charge in [0.25, 0.3) is 0 Å². The summed E-state index contributed by atoms with van der Waals surface area (Å²) in [5, 5.41) is 4.09. The molecule has 4 nitrogen and oxygen atoms in total. The number of ether oxygens (including phenoxy) is 1. The maximum Gasteiger partial charge on any atom is 0.307 e. The average Bonchev–Trinajstić information content (AvgIpc) is 2.28. The van der Waals surface area contributed by atoms with Gasteiger partial charge in [-0.05, 0) is 27.7 Å². The van der Waals surface area contributed by atoms with Gasteiger partial charge < -0.3 is 4.74 Å². The van der Waals surface area contributed by atoms with Crippen LogP contribution < -0.4 is 0 Å². The highest BCUT2D eigenvalue weighted by molar-refractivity contribution is 7.99. The molecule has 80 valence electrons. The molecule has 0 radical (unpaired) electrons. The molecule has 1 atom stereocenters. The summed E-state index contributed by atoms with van der Waals surface area (Å²) in [6.45, 7) is 7.78. The van der Waals surface area contributed by atoms with Crippen LogP contribution in [0.25, 0.3) is 0 Å². The lowest BCUT2D eigenvalue weighted by atomic mass is 10.1. The van der Waals surface area contributed by atoms with Gasteiger partial charge >= 0.3 is 5.97 Å². The van der Waals surface area contributed by atoms with Crippen LogP contribution >= 0.6 is 11.9 Å². The summed E-state index contributed by atoms with van der Waals surface area (Å²) < 4.78 is 9.13. The predicted octanol–water partition coefficient (Wildman–Crippen LogP) is 2.94. The fourth-order valence-corrected chi connectivity index (χ4v) is 1.75. The highest BCUT2D eigenvalue weighted by Gasteiger charge is 2.37. The molecular formula is C9H16N2O2S. The Labute approximate surface area is 88.6 Å². The highest BCUT2D eigenvalue weighted by Crippen LogP contribution is 2.38. The van der Waals surface area contributed by atoms with Crippen molar-refractivity contribution in [3.63, 3.8) is 0 Å². The van der Waals surface area contributed by atoms with Crippen molar-refractivity contribution >= 4 is 17.9 Å². The minimum absolute atomic E-state index is 0.147. The molecule has 14 heavy (non-hydrogen) atoms. The molecule has 0 aromatic heterocycles. The molecule has 1 heterocycles. The van der Waals surface area contributed by atoms with Crippen LogP contribution in [-0.4, -0.2) is 16.4 Å². The minimum Gasteiger partial charge on any atom is -0.446 e. The summed E-state index contributed by atoms with van der Waals surface area (Å²) in [4.78, 5) is 10.4. The van der Waals surface area contributed by atoms with Crippen molar-refractivity contribution in [2.75, 3.05) is 0 Å². The number of carbonyl (C=O) groups is 1. The van der Waals surface area contributed by atoms with E-state index in [0.29, 0.717) is 12.8 Å². The minimum atomic E-state index is -0.508.